The second kappa shape index (κ2) is 7.34. The van der Waals surface area contributed by atoms with E-state index in [0.29, 0.717) is 33.0 Å². The number of rotatable bonds is 5. The van der Waals surface area contributed by atoms with Gasteiger partial charge in [0.05, 0.1) is 56.0 Å². The SMILES string of the molecule is COc1cc(S(C)(=N)=O)ccc1Nc1ncc(Cl)c(-c2c[nH]c3cnccc23)n1. The third-order valence-electron chi connectivity index (χ3n) is 4.35. The van der Waals surface area contributed by atoms with Gasteiger partial charge in [-0.2, -0.15) is 0 Å². The Hall–Kier alpha value is -3.17. The number of halogens is 1. The lowest BCUT2D eigenvalue weighted by Crippen LogP contribution is -2.02. The Morgan fingerprint density at radius 3 is 2.86 bits per heavy atom. The molecule has 1 atom stereocenters. The molecule has 8 nitrogen and oxygen atoms in total. The molecule has 0 radical (unpaired) electrons. The highest BCUT2D eigenvalue weighted by atomic mass is 35.5. The molecule has 1 unspecified atom stereocenters. The smallest absolute Gasteiger partial charge is 0.227 e. The van der Waals surface area contributed by atoms with Gasteiger partial charge in [0.2, 0.25) is 5.95 Å². The molecule has 148 valence electrons. The van der Waals surface area contributed by atoms with Gasteiger partial charge < -0.3 is 15.0 Å². The molecule has 0 amide bonds. The zero-order chi connectivity index (χ0) is 20.6. The summed E-state index contributed by atoms with van der Waals surface area (Å²) in [5.41, 5.74) is 2.86. The van der Waals surface area contributed by atoms with Crippen molar-refractivity contribution in [1.29, 1.82) is 4.78 Å². The van der Waals surface area contributed by atoms with Crippen LogP contribution in [0.15, 0.2) is 53.9 Å². The highest BCUT2D eigenvalue weighted by Crippen LogP contribution is 2.34. The number of nitrogens with zero attached hydrogens (tertiary/aromatic N) is 3. The highest BCUT2D eigenvalue weighted by molar-refractivity contribution is 7.91. The molecule has 0 saturated carbocycles. The summed E-state index contributed by atoms with van der Waals surface area (Å²) in [6, 6.07) is 6.75. The predicted molar refractivity (Wildman–Crippen MR) is 113 cm³/mol. The fourth-order valence-electron chi connectivity index (χ4n) is 2.92. The number of benzene rings is 1. The van der Waals surface area contributed by atoms with Crippen LogP contribution in [0.25, 0.3) is 22.2 Å². The van der Waals surface area contributed by atoms with Crippen LogP contribution in [0.3, 0.4) is 0 Å². The van der Waals surface area contributed by atoms with Crippen molar-refractivity contribution in [2.24, 2.45) is 0 Å². The third kappa shape index (κ3) is 3.74. The molecule has 0 aliphatic rings. The van der Waals surface area contributed by atoms with E-state index in [4.69, 9.17) is 21.1 Å². The highest BCUT2D eigenvalue weighted by Gasteiger charge is 2.15. The summed E-state index contributed by atoms with van der Waals surface area (Å²) in [6.45, 7) is 0. The second-order valence-corrected chi connectivity index (χ2v) is 8.91. The van der Waals surface area contributed by atoms with E-state index < -0.39 is 9.73 Å². The van der Waals surface area contributed by atoms with E-state index in [2.05, 4.69) is 25.3 Å². The quantitative estimate of drug-likeness (QED) is 0.432. The Bertz CT molecular complexity index is 1320. The molecule has 4 rings (SSSR count). The van der Waals surface area contributed by atoms with Gasteiger partial charge in [-0.15, -0.1) is 0 Å². The number of aromatic amines is 1. The molecule has 0 saturated heterocycles. The van der Waals surface area contributed by atoms with E-state index in [-0.39, 0.29) is 0 Å². The predicted octanol–water partition coefficient (Wildman–Crippen LogP) is 4.46. The monoisotopic (exact) mass is 428 g/mol. The van der Waals surface area contributed by atoms with E-state index in [9.17, 15) is 4.21 Å². The normalized spacial score (nSPS) is 13.2. The molecule has 3 heterocycles. The van der Waals surface area contributed by atoms with Gasteiger partial charge in [-0.3, -0.25) is 4.98 Å². The largest absolute Gasteiger partial charge is 0.495 e. The van der Waals surface area contributed by atoms with Gasteiger partial charge >= 0.3 is 0 Å². The Morgan fingerprint density at radius 1 is 1.28 bits per heavy atom. The molecule has 0 fully saturated rings. The molecule has 0 spiro atoms. The molecule has 0 aliphatic carbocycles. The van der Waals surface area contributed by atoms with Crippen molar-refractivity contribution in [3.8, 4) is 17.0 Å². The third-order valence-corrected chi connectivity index (χ3v) is 5.78. The van der Waals surface area contributed by atoms with E-state index >= 15 is 0 Å². The average molecular weight is 429 g/mol. The van der Waals surface area contributed by atoms with Crippen molar-refractivity contribution in [2.45, 2.75) is 4.90 Å². The zero-order valence-corrected chi connectivity index (χ0v) is 17.1. The first-order valence-electron chi connectivity index (χ1n) is 8.49. The van der Waals surface area contributed by atoms with Gasteiger partial charge in [0.25, 0.3) is 0 Å². The number of hydrogen-bond donors (Lipinski definition) is 3. The van der Waals surface area contributed by atoms with Crippen LogP contribution in [0.5, 0.6) is 5.75 Å². The molecule has 3 N–H and O–H groups in total. The molecule has 0 aliphatic heterocycles. The van der Waals surface area contributed by atoms with E-state index in [0.717, 1.165) is 16.5 Å². The summed E-state index contributed by atoms with van der Waals surface area (Å²) in [5.74, 6) is 0.754. The number of methoxy groups -OCH3 is 1. The fraction of sp³-hybridized carbons (Fsp3) is 0.105. The molecule has 10 heteroatoms. The molecule has 1 aromatic carbocycles. The van der Waals surface area contributed by atoms with Crippen LogP contribution in [-0.4, -0.2) is 37.5 Å². The van der Waals surface area contributed by atoms with Crippen molar-refractivity contribution in [2.75, 3.05) is 18.7 Å². The number of ether oxygens (including phenoxy) is 1. The number of hydrogen-bond acceptors (Lipinski definition) is 7. The molecular formula is C19H17ClN6O2S. The van der Waals surface area contributed by atoms with Crippen LogP contribution in [-0.2, 0) is 9.73 Å². The van der Waals surface area contributed by atoms with Crippen molar-refractivity contribution in [3.63, 3.8) is 0 Å². The number of anilines is 2. The van der Waals surface area contributed by atoms with Crippen molar-refractivity contribution < 1.29 is 8.95 Å². The second-order valence-electron chi connectivity index (χ2n) is 6.34. The van der Waals surface area contributed by atoms with Crippen LogP contribution in [0.1, 0.15) is 0 Å². The van der Waals surface area contributed by atoms with Gasteiger partial charge in [0.15, 0.2) is 0 Å². The lowest BCUT2D eigenvalue weighted by molar-refractivity contribution is 0.415. The van der Waals surface area contributed by atoms with Crippen molar-refractivity contribution in [1.82, 2.24) is 19.9 Å². The molecule has 29 heavy (non-hydrogen) atoms. The van der Waals surface area contributed by atoms with Gasteiger partial charge in [-0.1, -0.05) is 11.6 Å². The zero-order valence-electron chi connectivity index (χ0n) is 15.6. The topological polar surface area (TPSA) is 117 Å². The van der Waals surface area contributed by atoms with E-state index in [1.165, 1.54) is 19.6 Å². The Morgan fingerprint density at radius 2 is 2.10 bits per heavy atom. The maximum atomic E-state index is 12.0. The maximum Gasteiger partial charge on any atom is 0.227 e. The standard InChI is InChI=1S/C19H17ClN6O2S/c1-28-17-7-11(29(2,21)27)3-4-15(17)25-19-24-9-14(20)18(26-19)13-8-23-16-10-22-6-5-12(13)16/h3-10,21,23H,1-2H3,(H,24,25,26). The number of aromatic nitrogens is 4. The van der Waals surface area contributed by atoms with Crippen LogP contribution in [0.2, 0.25) is 5.02 Å². The Kier molecular flexibility index (Phi) is 4.85. The van der Waals surface area contributed by atoms with Crippen LogP contribution in [0, 0.1) is 4.78 Å². The number of pyridine rings is 1. The fourth-order valence-corrected chi connectivity index (χ4v) is 3.77. The summed E-state index contributed by atoms with van der Waals surface area (Å²) in [7, 11) is -1.35. The lowest BCUT2D eigenvalue weighted by atomic mass is 10.1. The minimum absolute atomic E-state index is 0.321. The summed E-state index contributed by atoms with van der Waals surface area (Å²) in [6.07, 6.45) is 8.15. The summed E-state index contributed by atoms with van der Waals surface area (Å²) < 4.78 is 25.1. The summed E-state index contributed by atoms with van der Waals surface area (Å²) in [5, 5.41) is 4.46. The Labute approximate surface area is 172 Å². The van der Waals surface area contributed by atoms with Gasteiger partial charge in [-0.05, 0) is 24.3 Å². The maximum absolute atomic E-state index is 12.0. The van der Waals surface area contributed by atoms with E-state index in [1.807, 2.05) is 12.3 Å². The van der Waals surface area contributed by atoms with Crippen LogP contribution < -0.4 is 10.1 Å². The van der Waals surface area contributed by atoms with Gasteiger partial charge in [-0.25, -0.2) is 19.0 Å². The molecule has 4 aromatic rings. The number of nitrogens with one attached hydrogen (secondary N) is 3. The molecule has 0 bridgehead atoms. The van der Waals surface area contributed by atoms with Crippen molar-refractivity contribution in [3.05, 3.63) is 54.1 Å². The number of fused-ring (bicyclic) bond motifs is 1. The minimum Gasteiger partial charge on any atom is -0.495 e. The summed E-state index contributed by atoms with van der Waals surface area (Å²) in [4.78, 5) is 16.4. The lowest BCUT2D eigenvalue weighted by Gasteiger charge is -2.13. The van der Waals surface area contributed by atoms with E-state index in [1.54, 1.807) is 30.6 Å². The van der Waals surface area contributed by atoms with Crippen LogP contribution in [0.4, 0.5) is 11.6 Å². The Balaban J connectivity index is 1.74. The average Bonchev–Trinajstić information content (AvgIpc) is 3.13. The molecule has 3 aromatic heterocycles. The van der Waals surface area contributed by atoms with Crippen LogP contribution >= 0.6 is 11.6 Å². The first-order valence-corrected chi connectivity index (χ1v) is 10.8. The molecular weight excluding hydrogens is 412 g/mol. The summed E-state index contributed by atoms with van der Waals surface area (Å²) >= 11 is 6.36. The van der Waals surface area contributed by atoms with Gasteiger partial charge in [0, 0.05) is 29.6 Å². The number of H-pyrrole nitrogens is 1. The first-order chi connectivity index (χ1) is 13.9. The van der Waals surface area contributed by atoms with Crippen molar-refractivity contribution >= 4 is 43.9 Å². The van der Waals surface area contributed by atoms with Gasteiger partial charge in [0.1, 0.15) is 5.75 Å². The minimum atomic E-state index is -2.85. The first kappa shape index (κ1) is 19.2.